The van der Waals surface area contributed by atoms with Gasteiger partial charge in [-0.2, -0.15) is 0 Å². The molecular weight excluding hydrogens is 218 g/mol. The number of rotatable bonds is 3. The van der Waals surface area contributed by atoms with Crippen LogP contribution >= 0.6 is 0 Å². The Morgan fingerprint density at radius 3 is 2.33 bits per heavy atom. The minimum absolute atomic E-state index is 0.408. The zero-order valence-corrected chi connectivity index (χ0v) is 11.2. The maximum Gasteiger partial charge on any atom is 0.0113 e. The summed E-state index contributed by atoms with van der Waals surface area (Å²) in [5, 5.41) is 0. The number of nitrogens with two attached hydrogens (primary N) is 1. The topological polar surface area (TPSA) is 26.0 Å². The molecule has 1 nitrogen and oxygen atoms in total. The SMILES string of the molecule is Cc1ccc(CC(N)C2C3C4CCC(C4)C23)cc1. The molecule has 2 N–H and O–H groups in total. The van der Waals surface area contributed by atoms with Crippen LogP contribution in [-0.4, -0.2) is 6.04 Å². The Labute approximate surface area is 110 Å². The number of hydrogen-bond donors (Lipinski definition) is 1. The minimum atomic E-state index is 0.408. The van der Waals surface area contributed by atoms with Gasteiger partial charge in [-0.15, -0.1) is 0 Å². The molecule has 1 aromatic carbocycles. The fourth-order valence-corrected chi connectivity index (χ4v) is 5.10. The molecule has 3 saturated carbocycles. The summed E-state index contributed by atoms with van der Waals surface area (Å²) in [6.45, 7) is 2.15. The van der Waals surface area contributed by atoms with Gasteiger partial charge in [0.2, 0.25) is 0 Å². The average Bonchev–Trinajstić information content (AvgIpc) is 2.82. The van der Waals surface area contributed by atoms with Gasteiger partial charge >= 0.3 is 0 Å². The third-order valence-corrected chi connectivity index (χ3v) is 5.88. The molecule has 96 valence electrons. The molecule has 3 fully saturated rings. The Kier molecular flexibility index (Phi) is 2.35. The van der Waals surface area contributed by atoms with Crippen molar-refractivity contribution < 1.29 is 0 Å². The van der Waals surface area contributed by atoms with E-state index in [1.807, 2.05) is 0 Å². The van der Waals surface area contributed by atoms with Crippen molar-refractivity contribution in [1.82, 2.24) is 0 Å². The summed E-state index contributed by atoms with van der Waals surface area (Å²) in [7, 11) is 0. The highest BCUT2D eigenvalue weighted by Gasteiger charge is 2.65. The summed E-state index contributed by atoms with van der Waals surface area (Å²) in [6, 6.07) is 9.33. The Bertz CT molecular complexity index is 433. The monoisotopic (exact) mass is 241 g/mol. The van der Waals surface area contributed by atoms with Crippen molar-refractivity contribution in [3.63, 3.8) is 0 Å². The maximum atomic E-state index is 6.49. The van der Waals surface area contributed by atoms with Crippen molar-refractivity contribution in [3.8, 4) is 0 Å². The van der Waals surface area contributed by atoms with E-state index in [9.17, 15) is 0 Å². The van der Waals surface area contributed by atoms with Gasteiger partial charge in [-0.1, -0.05) is 29.8 Å². The van der Waals surface area contributed by atoms with Crippen LogP contribution in [0.1, 0.15) is 30.4 Å². The normalized spacial score (nSPS) is 41.8. The molecule has 4 rings (SSSR count). The van der Waals surface area contributed by atoms with Crippen molar-refractivity contribution in [2.75, 3.05) is 0 Å². The van der Waals surface area contributed by atoms with Crippen LogP contribution in [0.4, 0.5) is 0 Å². The van der Waals surface area contributed by atoms with E-state index in [-0.39, 0.29) is 0 Å². The van der Waals surface area contributed by atoms with Crippen LogP contribution in [0.15, 0.2) is 24.3 Å². The lowest BCUT2D eigenvalue weighted by Crippen LogP contribution is -2.28. The van der Waals surface area contributed by atoms with Crippen LogP contribution in [0.3, 0.4) is 0 Å². The summed E-state index contributed by atoms with van der Waals surface area (Å²) < 4.78 is 0. The third-order valence-electron chi connectivity index (χ3n) is 5.88. The summed E-state index contributed by atoms with van der Waals surface area (Å²) in [5.41, 5.74) is 9.25. The first-order chi connectivity index (χ1) is 8.74. The molecule has 0 amide bonds. The maximum absolute atomic E-state index is 6.49. The summed E-state index contributed by atoms with van der Waals surface area (Å²) in [6.07, 6.45) is 5.61. The van der Waals surface area contributed by atoms with E-state index in [4.69, 9.17) is 5.73 Å². The second-order valence-electron chi connectivity index (χ2n) is 6.92. The van der Waals surface area contributed by atoms with Crippen molar-refractivity contribution >= 4 is 0 Å². The fraction of sp³-hybridized carbons (Fsp3) is 0.647. The Morgan fingerprint density at radius 1 is 1.11 bits per heavy atom. The first-order valence-corrected chi connectivity index (χ1v) is 7.55. The number of hydrogen-bond acceptors (Lipinski definition) is 1. The highest BCUT2D eigenvalue weighted by atomic mass is 14.8. The highest BCUT2D eigenvalue weighted by molar-refractivity contribution is 5.24. The van der Waals surface area contributed by atoms with Gasteiger partial charge < -0.3 is 5.73 Å². The summed E-state index contributed by atoms with van der Waals surface area (Å²) >= 11 is 0. The Hall–Kier alpha value is -0.820. The molecule has 2 bridgehead atoms. The molecule has 3 aliphatic carbocycles. The first-order valence-electron chi connectivity index (χ1n) is 7.55. The molecule has 0 saturated heterocycles. The van der Waals surface area contributed by atoms with Crippen LogP contribution in [0.5, 0.6) is 0 Å². The second-order valence-corrected chi connectivity index (χ2v) is 6.92. The predicted octanol–water partition coefficient (Wildman–Crippen LogP) is 3.16. The molecule has 5 unspecified atom stereocenters. The lowest BCUT2D eigenvalue weighted by molar-refractivity contribution is 0.409. The van der Waals surface area contributed by atoms with Gasteiger partial charge in [0.1, 0.15) is 0 Å². The van der Waals surface area contributed by atoms with Crippen LogP contribution in [0, 0.1) is 36.5 Å². The predicted molar refractivity (Wildman–Crippen MR) is 74.2 cm³/mol. The smallest absolute Gasteiger partial charge is 0.0113 e. The van der Waals surface area contributed by atoms with E-state index in [0.717, 1.165) is 36.0 Å². The van der Waals surface area contributed by atoms with Gasteiger partial charge in [0.15, 0.2) is 0 Å². The van der Waals surface area contributed by atoms with E-state index in [0.29, 0.717) is 6.04 Å². The zero-order valence-electron chi connectivity index (χ0n) is 11.2. The number of aryl methyl sites for hydroxylation is 1. The molecule has 5 atom stereocenters. The summed E-state index contributed by atoms with van der Waals surface area (Å²) in [5.74, 6) is 4.99. The van der Waals surface area contributed by atoms with Gasteiger partial charge in [-0.3, -0.25) is 0 Å². The third kappa shape index (κ3) is 1.56. The van der Waals surface area contributed by atoms with Crippen molar-refractivity contribution in [3.05, 3.63) is 35.4 Å². The Balaban J connectivity index is 1.43. The standard InChI is InChI=1S/C17H23N/c1-10-2-4-11(5-3-10)8-14(18)17-15-12-6-7-13(9-12)16(15)17/h2-5,12-17H,6-9,18H2,1H3. The quantitative estimate of drug-likeness (QED) is 0.864. The first kappa shape index (κ1) is 11.0. The van der Waals surface area contributed by atoms with E-state index in [1.54, 1.807) is 0 Å². The molecule has 0 radical (unpaired) electrons. The second kappa shape index (κ2) is 3.84. The molecule has 0 aromatic heterocycles. The highest BCUT2D eigenvalue weighted by Crippen LogP contribution is 2.70. The van der Waals surface area contributed by atoms with Crippen LogP contribution in [0.2, 0.25) is 0 Å². The van der Waals surface area contributed by atoms with Crippen LogP contribution in [0.25, 0.3) is 0 Å². The van der Waals surface area contributed by atoms with E-state index < -0.39 is 0 Å². The molecule has 0 spiro atoms. The fourth-order valence-electron chi connectivity index (χ4n) is 5.10. The molecule has 1 heteroatoms. The largest absolute Gasteiger partial charge is 0.327 e. The lowest BCUT2D eigenvalue weighted by Gasteiger charge is -2.16. The molecule has 1 aromatic rings. The van der Waals surface area contributed by atoms with Crippen molar-refractivity contribution in [2.45, 2.75) is 38.6 Å². The van der Waals surface area contributed by atoms with Crippen LogP contribution < -0.4 is 5.73 Å². The summed E-state index contributed by atoms with van der Waals surface area (Å²) in [4.78, 5) is 0. The Morgan fingerprint density at radius 2 is 1.72 bits per heavy atom. The van der Waals surface area contributed by atoms with Gasteiger partial charge in [-0.05, 0) is 67.8 Å². The minimum Gasteiger partial charge on any atom is -0.327 e. The number of fused-ring (bicyclic) bond motifs is 5. The molecule has 18 heavy (non-hydrogen) atoms. The van der Waals surface area contributed by atoms with Crippen molar-refractivity contribution in [2.24, 2.45) is 35.3 Å². The molecule has 0 heterocycles. The van der Waals surface area contributed by atoms with Gasteiger partial charge in [-0.25, -0.2) is 0 Å². The van der Waals surface area contributed by atoms with E-state index in [2.05, 4.69) is 31.2 Å². The van der Waals surface area contributed by atoms with Gasteiger partial charge in [0, 0.05) is 6.04 Å². The molecular formula is C17H23N. The van der Waals surface area contributed by atoms with Crippen molar-refractivity contribution in [1.29, 1.82) is 0 Å². The average molecular weight is 241 g/mol. The number of benzene rings is 1. The molecule has 0 aliphatic heterocycles. The van der Waals surface area contributed by atoms with E-state index in [1.165, 1.54) is 30.4 Å². The van der Waals surface area contributed by atoms with Crippen LogP contribution in [-0.2, 0) is 6.42 Å². The van der Waals surface area contributed by atoms with Gasteiger partial charge in [0.05, 0.1) is 0 Å². The molecule has 3 aliphatic rings. The van der Waals surface area contributed by atoms with E-state index >= 15 is 0 Å². The lowest BCUT2D eigenvalue weighted by atomic mass is 9.94. The zero-order chi connectivity index (χ0) is 12.3. The van der Waals surface area contributed by atoms with Gasteiger partial charge in [0.25, 0.3) is 0 Å².